The fraction of sp³-hybridized carbons (Fsp3) is 0.167. The standard InChI is InChI=1S/C36H19F11O/c37-27-13-21(20-6-5-18-3-1-2-4-19(18)11-20)7-8-25(27)22-14-30(40)33(31(41)15-22)36(46,47)48-24-12-23-16-28(38)26(9-10-35(43,44)45)34(42)32(23)29(39)17-24/h5-8,11-17H,1-4H2. The number of alkyl halides is 5. The molecule has 246 valence electrons. The van der Waals surface area contributed by atoms with Crippen molar-refractivity contribution in [2.75, 3.05) is 0 Å². The molecule has 0 saturated carbocycles. The number of ether oxygens (including phenoxy) is 1. The molecule has 0 saturated heterocycles. The number of halogens is 11. The fourth-order valence-corrected chi connectivity index (χ4v) is 5.74. The summed E-state index contributed by atoms with van der Waals surface area (Å²) in [4.78, 5) is 0. The average molecular weight is 677 g/mol. The highest BCUT2D eigenvalue weighted by molar-refractivity contribution is 5.87. The summed E-state index contributed by atoms with van der Waals surface area (Å²) >= 11 is 0. The second kappa shape index (κ2) is 12.2. The maximum absolute atomic E-state index is 15.2. The predicted molar refractivity (Wildman–Crippen MR) is 155 cm³/mol. The van der Waals surface area contributed by atoms with Crippen LogP contribution in [0.15, 0.2) is 66.7 Å². The zero-order chi connectivity index (χ0) is 34.5. The molecule has 0 fully saturated rings. The van der Waals surface area contributed by atoms with E-state index >= 15 is 22.0 Å². The lowest BCUT2D eigenvalue weighted by atomic mass is 9.89. The highest BCUT2D eigenvalue weighted by Crippen LogP contribution is 2.40. The molecule has 12 heteroatoms. The SMILES string of the molecule is Fc1cc(-c2ccc3c(c2)CCCC3)ccc1-c1cc(F)c(C(F)(F)Oc2cc(F)c3c(F)c(C#CC(F)(F)F)c(F)cc3c2)c(F)c1. The quantitative estimate of drug-likeness (QED) is 0.133. The van der Waals surface area contributed by atoms with Crippen LogP contribution in [0.3, 0.4) is 0 Å². The van der Waals surface area contributed by atoms with Crippen LogP contribution in [0.1, 0.15) is 35.1 Å². The number of aryl methyl sites for hydroxylation is 2. The molecule has 0 spiro atoms. The topological polar surface area (TPSA) is 9.23 Å². The van der Waals surface area contributed by atoms with Crippen molar-refractivity contribution in [3.63, 3.8) is 0 Å². The van der Waals surface area contributed by atoms with Gasteiger partial charge < -0.3 is 4.74 Å². The van der Waals surface area contributed by atoms with Crippen LogP contribution in [0.25, 0.3) is 33.0 Å². The third-order valence-corrected chi connectivity index (χ3v) is 7.92. The second-order valence-electron chi connectivity index (χ2n) is 11.1. The molecule has 1 aliphatic carbocycles. The number of rotatable bonds is 5. The van der Waals surface area contributed by atoms with Crippen LogP contribution in [-0.2, 0) is 19.0 Å². The highest BCUT2D eigenvalue weighted by atomic mass is 19.4. The molecule has 0 aliphatic heterocycles. The molecular formula is C36H19F11O. The van der Waals surface area contributed by atoms with Gasteiger partial charge in [0.1, 0.15) is 40.4 Å². The zero-order valence-corrected chi connectivity index (χ0v) is 24.2. The Morgan fingerprint density at radius 1 is 0.583 bits per heavy atom. The van der Waals surface area contributed by atoms with E-state index in [0.717, 1.165) is 42.9 Å². The Hall–Kier alpha value is -5.05. The number of hydrogen-bond donors (Lipinski definition) is 0. The molecule has 5 aromatic carbocycles. The minimum absolute atomic E-state index is 0.169. The Balaban J connectivity index is 1.29. The molecule has 6 rings (SSSR count). The van der Waals surface area contributed by atoms with Gasteiger partial charge in [-0.2, -0.15) is 22.0 Å². The lowest BCUT2D eigenvalue weighted by molar-refractivity contribution is -0.189. The lowest BCUT2D eigenvalue weighted by Gasteiger charge is -2.20. The summed E-state index contributed by atoms with van der Waals surface area (Å²) in [7, 11) is 0. The van der Waals surface area contributed by atoms with Crippen molar-refractivity contribution < 1.29 is 53.0 Å². The molecule has 1 aliphatic rings. The Morgan fingerprint density at radius 2 is 1.21 bits per heavy atom. The van der Waals surface area contributed by atoms with Crippen molar-refractivity contribution in [2.45, 2.75) is 38.0 Å². The highest BCUT2D eigenvalue weighted by Gasteiger charge is 2.41. The molecule has 5 aromatic rings. The van der Waals surface area contributed by atoms with Gasteiger partial charge >= 0.3 is 12.3 Å². The molecule has 0 radical (unpaired) electrons. The van der Waals surface area contributed by atoms with Gasteiger partial charge in [0.25, 0.3) is 0 Å². The van der Waals surface area contributed by atoms with Gasteiger partial charge in [-0.1, -0.05) is 36.3 Å². The van der Waals surface area contributed by atoms with E-state index in [0.29, 0.717) is 35.7 Å². The first-order valence-corrected chi connectivity index (χ1v) is 14.3. The van der Waals surface area contributed by atoms with E-state index in [4.69, 9.17) is 0 Å². The Labute approximate surface area is 265 Å². The van der Waals surface area contributed by atoms with Crippen LogP contribution < -0.4 is 4.74 Å². The van der Waals surface area contributed by atoms with E-state index in [2.05, 4.69) is 4.74 Å². The summed E-state index contributed by atoms with van der Waals surface area (Å²) < 4.78 is 161. The van der Waals surface area contributed by atoms with E-state index in [1.54, 1.807) is 0 Å². The summed E-state index contributed by atoms with van der Waals surface area (Å²) in [5, 5.41) is -1.86. The molecule has 0 heterocycles. The maximum Gasteiger partial charge on any atom is 0.458 e. The van der Waals surface area contributed by atoms with Crippen molar-refractivity contribution >= 4 is 10.8 Å². The number of hydrogen-bond acceptors (Lipinski definition) is 1. The van der Waals surface area contributed by atoms with Crippen LogP contribution in [0, 0.1) is 46.7 Å². The fourth-order valence-electron chi connectivity index (χ4n) is 5.74. The third kappa shape index (κ3) is 6.41. The van der Waals surface area contributed by atoms with Crippen LogP contribution in [-0.4, -0.2) is 6.18 Å². The Bertz CT molecular complexity index is 2130. The lowest BCUT2D eigenvalue weighted by Crippen LogP contribution is -2.25. The van der Waals surface area contributed by atoms with Crippen LogP contribution in [0.2, 0.25) is 0 Å². The van der Waals surface area contributed by atoms with E-state index in [-0.39, 0.29) is 11.6 Å². The van der Waals surface area contributed by atoms with Gasteiger partial charge in [-0.3, -0.25) is 0 Å². The number of fused-ring (bicyclic) bond motifs is 2. The molecule has 0 atom stereocenters. The summed E-state index contributed by atoms with van der Waals surface area (Å²) in [5.74, 6) is -9.03. The Kier molecular flexibility index (Phi) is 8.35. The zero-order valence-electron chi connectivity index (χ0n) is 24.2. The van der Waals surface area contributed by atoms with Gasteiger partial charge in [-0.05, 0) is 89.2 Å². The molecule has 48 heavy (non-hydrogen) atoms. The summed E-state index contributed by atoms with van der Waals surface area (Å²) in [6.07, 6.45) is -6.00. The maximum atomic E-state index is 15.2. The molecule has 1 nitrogen and oxygen atoms in total. The normalized spacial score (nSPS) is 13.2. The smallest absolute Gasteiger partial charge is 0.429 e. The minimum Gasteiger partial charge on any atom is -0.429 e. The summed E-state index contributed by atoms with van der Waals surface area (Å²) in [6, 6.07) is 11.6. The summed E-state index contributed by atoms with van der Waals surface area (Å²) in [6.45, 7) is 0. The monoisotopic (exact) mass is 676 g/mol. The molecule has 0 amide bonds. The van der Waals surface area contributed by atoms with Gasteiger partial charge in [0.2, 0.25) is 0 Å². The Morgan fingerprint density at radius 3 is 1.88 bits per heavy atom. The predicted octanol–water partition coefficient (Wildman–Crippen LogP) is 10.9. The largest absolute Gasteiger partial charge is 0.458 e. The van der Waals surface area contributed by atoms with Gasteiger partial charge in [-0.25, -0.2) is 26.3 Å². The summed E-state index contributed by atoms with van der Waals surface area (Å²) in [5.41, 5.74) is -0.446. The molecular weight excluding hydrogens is 657 g/mol. The third-order valence-electron chi connectivity index (χ3n) is 7.92. The average Bonchev–Trinajstić information content (AvgIpc) is 2.99. The van der Waals surface area contributed by atoms with Crippen molar-refractivity contribution in [1.82, 2.24) is 0 Å². The first kappa shape index (κ1) is 32.9. The van der Waals surface area contributed by atoms with Crippen LogP contribution in [0.5, 0.6) is 5.75 Å². The van der Waals surface area contributed by atoms with E-state index in [1.807, 2.05) is 18.2 Å². The van der Waals surface area contributed by atoms with Crippen molar-refractivity contribution in [2.24, 2.45) is 0 Å². The first-order valence-electron chi connectivity index (χ1n) is 14.3. The van der Waals surface area contributed by atoms with Gasteiger partial charge in [-0.15, -0.1) is 0 Å². The van der Waals surface area contributed by atoms with E-state index in [9.17, 15) is 26.3 Å². The van der Waals surface area contributed by atoms with Crippen LogP contribution >= 0.6 is 0 Å². The minimum atomic E-state index is -5.13. The van der Waals surface area contributed by atoms with E-state index < -0.39 is 80.4 Å². The van der Waals surface area contributed by atoms with Crippen molar-refractivity contribution in [3.8, 4) is 39.8 Å². The van der Waals surface area contributed by atoms with Crippen molar-refractivity contribution in [3.05, 3.63) is 124 Å². The van der Waals surface area contributed by atoms with Gasteiger partial charge in [0, 0.05) is 17.6 Å². The van der Waals surface area contributed by atoms with E-state index in [1.165, 1.54) is 23.6 Å². The van der Waals surface area contributed by atoms with Crippen molar-refractivity contribution in [1.29, 1.82) is 0 Å². The molecule has 0 N–H and O–H groups in total. The number of benzene rings is 5. The van der Waals surface area contributed by atoms with Crippen LogP contribution in [0.4, 0.5) is 48.3 Å². The van der Waals surface area contributed by atoms with Gasteiger partial charge in [0.15, 0.2) is 5.82 Å². The molecule has 0 aromatic heterocycles. The van der Waals surface area contributed by atoms with Gasteiger partial charge in [0.05, 0.1) is 10.9 Å². The second-order valence-corrected chi connectivity index (χ2v) is 11.1. The first-order chi connectivity index (χ1) is 22.6. The molecule has 0 bridgehead atoms. The molecule has 0 unspecified atom stereocenters.